The van der Waals surface area contributed by atoms with Crippen LogP contribution in [0.2, 0.25) is 0 Å². The number of fused-ring (bicyclic) bond motifs is 6. The molecule has 0 bridgehead atoms. The molecule has 0 N–H and O–H groups in total. The van der Waals surface area contributed by atoms with Crippen molar-refractivity contribution >= 4 is 82.1 Å². The molecule has 0 saturated heterocycles. The Bertz CT molecular complexity index is 3080. The summed E-state index contributed by atoms with van der Waals surface area (Å²) in [5, 5.41) is 10.6. The van der Waals surface area contributed by atoms with E-state index in [2.05, 4.69) is 229 Å². The van der Waals surface area contributed by atoms with E-state index in [0.29, 0.717) is 0 Å². The predicted molar refractivity (Wildman–Crippen MR) is 248 cm³/mol. The van der Waals surface area contributed by atoms with Gasteiger partial charge in [-0.15, -0.1) is 11.3 Å². The van der Waals surface area contributed by atoms with Gasteiger partial charge in [-0.05, 0) is 91.5 Å². The highest BCUT2D eigenvalue weighted by molar-refractivity contribution is 7.26. The molecular weight excluding hydrogens is 723 g/mol. The third-order valence-electron chi connectivity index (χ3n) is 11.7. The Morgan fingerprint density at radius 3 is 1.39 bits per heavy atom. The summed E-state index contributed by atoms with van der Waals surface area (Å²) in [5.74, 6) is 0. The normalized spacial score (nSPS) is 11.9. The van der Waals surface area contributed by atoms with E-state index in [0.717, 1.165) is 0 Å². The van der Waals surface area contributed by atoms with E-state index in [4.69, 9.17) is 0 Å². The fourth-order valence-electron chi connectivity index (χ4n) is 9.14. The first kappa shape index (κ1) is 33.5. The van der Waals surface area contributed by atoms with Crippen molar-refractivity contribution in [1.82, 2.24) is 4.57 Å². The maximum atomic E-state index is 2.52. The van der Waals surface area contributed by atoms with E-state index in [9.17, 15) is 0 Å². The van der Waals surface area contributed by atoms with E-state index in [1.807, 2.05) is 11.3 Å². The van der Waals surface area contributed by atoms with Crippen LogP contribution in [0.25, 0.3) is 69.9 Å². The van der Waals surface area contributed by atoms with Crippen LogP contribution < -0.4 is 20.7 Å². The lowest BCUT2D eigenvalue weighted by molar-refractivity contribution is 1.18. The highest BCUT2D eigenvalue weighted by Gasteiger charge is 2.42. The highest BCUT2D eigenvalue weighted by Crippen LogP contribution is 2.38. The van der Waals surface area contributed by atoms with Crippen LogP contribution in [0.3, 0.4) is 0 Å². The average Bonchev–Trinajstić information content (AvgIpc) is 3.83. The number of thiophene rings is 1. The maximum absolute atomic E-state index is 2.87. The lowest BCUT2D eigenvalue weighted by Crippen LogP contribution is -2.74. The molecule has 11 rings (SSSR count). The van der Waals surface area contributed by atoms with E-state index in [1.54, 1.807) is 0 Å². The minimum Gasteiger partial charge on any atom is -0.309 e. The van der Waals surface area contributed by atoms with Gasteiger partial charge in [0.25, 0.3) is 0 Å². The molecule has 57 heavy (non-hydrogen) atoms. The number of aromatic nitrogens is 1. The molecule has 0 aliphatic rings. The van der Waals surface area contributed by atoms with E-state index in [-0.39, 0.29) is 0 Å². The smallest absolute Gasteiger partial charge is 0.179 e. The number of hydrogen-bond donors (Lipinski definition) is 0. The second kappa shape index (κ2) is 13.8. The van der Waals surface area contributed by atoms with Gasteiger partial charge in [-0.3, -0.25) is 0 Å². The van der Waals surface area contributed by atoms with Crippen LogP contribution in [0.5, 0.6) is 0 Å². The van der Waals surface area contributed by atoms with Gasteiger partial charge in [-0.2, -0.15) is 0 Å². The summed E-state index contributed by atoms with van der Waals surface area (Å²) in [5.41, 5.74) is 8.44. The molecule has 0 aliphatic heterocycles. The zero-order valence-corrected chi connectivity index (χ0v) is 33.0. The van der Waals surface area contributed by atoms with Crippen LogP contribution in [-0.4, -0.2) is 12.6 Å². The Hall–Kier alpha value is -6.78. The van der Waals surface area contributed by atoms with E-state index >= 15 is 0 Å². The van der Waals surface area contributed by atoms with E-state index < -0.39 is 8.07 Å². The van der Waals surface area contributed by atoms with Crippen LogP contribution in [0.15, 0.2) is 224 Å². The predicted octanol–water partition coefficient (Wildman–Crippen LogP) is 11.9. The van der Waals surface area contributed by atoms with Gasteiger partial charge in [0.15, 0.2) is 8.07 Å². The zero-order chi connectivity index (χ0) is 37.8. The van der Waals surface area contributed by atoms with Crippen molar-refractivity contribution < 1.29 is 0 Å². The van der Waals surface area contributed by atoms with Gasteiger partial charge in [-0.1, -0.05) is 176 Å². The van der Waals surface area contributed by atoms with Gasteiger partial charge in [0, 0.05) is 36.6 Å². The fourth-order valence-corrected chi connectivity index (χ4v) is 15.0. The van der Waals surface area contributed by atoms with Crippen LogP contribution in [0, 0.1) is 0 Å². The van der Waals surface area contributed by atoms with E-state index in [1.165, 1.54) is 90.7 Å². The monoisotopic (exact) mass is 759 g/mol. The highest BCUT2D eigenvalue weighted by atomic mass is 32.1. The molecule has 0 fully saturated rings. The zero-order valence-electron chi connectivity index (χ0n) is 31.2. The van der Waals surface area contributed by atoms with Crippen LogP contribution in [0.4, 0.5) is 0 Å². The summed E-state index contributed by atoms with van der Waals surface area (Å²) in [6.45, 7) is 0. The lowest BCUT2D eigenvalue weighted by atomic mass is 10.0. The molecule has 1 nitrogen and oxygen atoms in total. The molecule has 0 unspecified atom stereocenters. The molecule has 268 valence electrons. The summed E-state index contributed by atoms with van der Waals surface area (Å²) < 4.78 is 5.14. The fraction of sp³-hybridized carbons (Fsp3) is 0. The van der Waals surface area contributed by atoms with Crippen molar-refractivity contribution in [3.05, 3.63) is 224 Å². The summed E-state index contributed by atoms with van der Waals surface area (Å²) in [4.78, 5) is 0. The molecule has 0 aliphatic carbocycles. The molecule has 11 aromatic rings. The minimum atomic E-state index is -2.87. The standard InChI is InChI=1S/C54H37NSSi/c1-5-16-38(17-6-1)40-28-31-51-48(34-40)49-35-41(39-18-7-2-8-19-39)29-32-52(49)55(51)42-20-15-25-45(36-42)57(43-21-9-3-10-22-43,44-23-11-4-12-24-44)46-30-33-54-50(37-46)47-26-13-14-27-53(47)56-54/h1-37H. The number of benzene rings is 9. The molecule has 0 spiro atoms. The Morgan fingerprint density at radius 1 is 0.298 bits per heavy atom. The number of nitrogens with zero attached hydrogens (tertiary/aromatic N) is 1. The van der Waals surface area contributed by atoms with Crippen LogP contribution in [-0.2, 0) is 0 Å². The average molecular weight is 760 g/mol. The quantitative estimate of drug-likeness (QED) is 0.113. The largest absolute Gasteiger partial charge is 0.309 e. The Morgan fingerprint density at radius 2 is 0.789 bits per heavy atom. The second-order valence-electron chi connectivity index (χ2n) is 14.9. The summed E-state index contributed by atoms with van der Waals surface area (Å²) in [7, 11) is -2.87. The molecule has 3 heteroatoms. The molecule has 9 aromatic carbocycles. The van der Waals surface area contributed by atoms with Gasteiger partial charge in [0.2, 0.25) is 0 Å². The molecule has 2 heterocycles. The third kappa shape index (κ3) is 5.50. The van der Waals surface area contributed by atoms with Crippen molar-refractivity contribution in [1.29, 1.82) is 0 Å². The van der Waals surface area contributed by atoms with Crippen LogP contribution >= 0.6 is 11.3 Å². The minimum absolute atomic E-state index is 1.17. The van der Waals surface area contributed by atoms with Gasteiger partial charge < -0.3 is 4.57 Å². The summed E-state index contributed by atoms with van der Waals surface area (Å²) in [6, 6.07) is 83.6. The van der Waals surface area contributed by atoms with Gasteiger partial charge in [-0.25, -0.2) is 0 Å². The van der Waals surface area contributed by atoms with Crippen LogP contribution in [0.1, 0.15) is 0 Å². The SMILES string of the molecule is c1ccc(-c2ccc3c(c2)c2cc(-c4ccccc4)ccc2n3-c2cccc([Si](c3ccccc3)(c3ccccc3)c3ccc4sc5ccccc5c4c3)c2)cc1. The summed E-state index contributed by atoms with van der Waals surface area (Å²) in [6.07, 6.45) is 0. The lowest BCUT2D eigenvalue weighted by Gasteiger charge is -2.35. The first-order valence-corrected chi connectivity index (χ1v) is 22.4. The molecular formula is C54H37NSSi. The first-order valence-electron chi connectivity index (χ1n) is 19.6. The van der Waals surface area contributed by atoms with Gasteiger partial charge >= 0.3 is 0 Å². The van der Waals surface area contributed by atoms with Crippen molar-refractivity contribution in [2.75, 3.05) is 0 Å². The molecule has 0 atom stereocenters. The van der Waals surface area contributed by atoms with Gasteiger partial charge in [0.05, 0.1) is 11.0 Å². The molecule has 0 radical (unpaired) electrons. The molecule has 2 aromatic heterocycles. The Balaban J connectivity index is 1.19. The second-order valence-corrected chi connectivity index (χ2v) is 19.8. The molecule has 0 amide bonds. The van der Waals surface area contributed by atoms with Crippen molar-refractivity contribution in [3.63, 3.8) is 0 Å². The summed E-state index contributed by atoms with van der Waals surface area (Å²) >= 11 is 1.88. The Kier molecular flexibility index (Phi) is 8.09. The number of rotatable bonds is 7. The third-order valence-corrected chi connectivity index (χ3v) is 17.6. The topological polar surface area (TPSA) is 4.93 Å². The number of hydrogen-bond acceptors (Lipinski definition) is 1. The Labute approximate surface area is 337 Å². The van der Waals surface area contributed by atoms with Gasteiger partial charge in [0.1, 0.15) is 0 Å². The molecule has 0 saturated carbocycles. The first-order chi connectivity index (χ1) is 28.3. The van der Waals surface area contributed by atoms with Crippen molar-refractivity contribution in [3.8, 4) is 27.9 Å². The van der Waals surface area contributed by atoms with Crippen molar-refractivity contribution in [2.24, 2.45) is 0 Å². The van der Waals surface area contributed by atoms with Crippen molar-refractivity contribution in [2.45, 2.75) is 0 Å². The maximum Gasteiger partial charge on any atom is 0.179 e.